The Bertz CT molecular complexity index is 1030. The zero-order chi connectivity index (χ0) is 19.5. The minimum Gasteiger partial charge on any atom is -0.440 e. The topological polar surface area (TPSA) is 87.5 Å². The number of carbonyl (C=O) groups is 2. The van der Waals surface area contributed by atoms with Crippen LogP contribution in [-0.2, 0) is 6.42 Å². The molecule has 1 aliphatic heterocycles. The number of aromatic nitrogens is 1. The third-order valence-corrected chi connectivity index (χ3v) is 4.79. The average molecular weight is 399 g/mol. The van der Waals surface area contributed by atoms with Gasteiger partial charge < -0.3 is 20.0 Å². The highest BCUT2D eigenvalue weighted by atomic mass is 35.5. The van der Waals surface area contributed by atoms with E-state index in [1.54, 1.807) is 23.1 Å². The molecule has 1 aliphatic rings. The van der Waals surface area contributed by atoms with E-state index in [-0.39, 0.29) is 11.9 Å². The molecule has 0 bridgehead atoms. The van der Waals surface area contributed by atoms with Gasteiger partial charge in [0.2, 0.25) is 0 Å². The number of carbonyl (C=O) groups excluding carboxylic acids is 2. The smallest absolute Gasteiger partial charge is 0.317 e. The Hall–Kier alpha value is -3.06. The monoisotopic (exact) mass is 398 g/mol. The first-order valence-electron chi connectivity index (χ1n) is 9.03. The zero-order valence-electron chi connectivity index (χ0n) is 15.1. The summed E-state index contributed by atoms with van der Waals surface area (Å²) in [6.07, 6.45) is 0.522. The zero-order valence-corrected chi connectivity index (χ0v) is 15.8. The largest absolute Gasteiger partial charge is 0.440 e. The molecule has 2 heterocycles. The fraction of sp³-hybridized carbons (Fsp3) is 0.250. The van der Waals surface area contributed by atoms with Crippen molar-refractivity contribution in [2.45, 2.75) is 6.42 Å². The van der Waals surface area contributed by atoms with Gasteiger partial charge >= 0.3 is 6.03 Å². The summed E-state index contributed by atoms with van der Waals surface area (Å²) in [5.74, 6) is 0.351. The molecule has 3 aromatic rings. The molecule has 0 spiro atoms. The van der Waals surface area contributed by atoms with Crippen molar-refractivity contribution in [2.24, 2.45) is 0 Å². The highest BCUT2D eigenvalue weighted by Gasteiger charge is 2.19. The van der Waals surface area contributed by atoms with Crippen molar-refractivity contribution in [1.29, 1.82) is 0 Å². The molecular weight excluding hydrogens is 380 g/mol. The van der Waals surface area contributed by atoms with Gasteiger partial charge in [-0.3, -0.25) is 4.79 Å². The standard InChI is InChI=1S/C20H19ClN4O3/c21-15-3-1-2-13(10-15)11-18-24-16-5-4-14(12-17(16)28-18)19(26)22-6-8-25-9-7-23-20(25)27/h1-5,10,12H,6-9,11H2,(H,22,26)(H,23,27). The maximum Gasteiger partial charge on any atom is 0.317 e. The summed E-state index contributed by atoms with van der Waals surface area (Å²) >= 11 is 6.02. The molecule has 0 unspecified atom stereocenters. The van der Waals surface area contributed by atoms with Crippen LogP contribution in [0.5, 0.6) is 0 Å². The normalized spacial score (nSPS) is 13.8. The van der Waals surface area contributed by atoms with Crippen molar-refractivity contribution < 1.29 is 14.0 Å². The van der Waals surface area contributed by atoms with Crippen LogP contribution in [0, 0.1) is 0 Å². The molecule has 1 saturated heterocycles. The van der Waals surface area contributed by atoms with Crippen LogP contribution in [0.25, 0.3) is 11.1 Å². The van der Waals surface area contributed by atoms with Crippen LogP contribution in [0.1, 0.15) is 21.8 Å². The Morgan fingerprint density at radius 2 is 2.18 bits per heavy atom. The molecule has 3 amide bonds. The van der Waals surface area contributed by atoms with Gasteiger partial charge in [0.25, 0.3) is 5.91 Å². The number of halogens is 1. The SMILES string of the molecule is O=C(NCCN1CCNC1=O)c1ccc2nc(Cc3cccc(Cl)c3)oc2c1. The molecular formula is C20H19ClN4O3. The van der Waals surface area contributed by atoms with Crippen LogP contribution >= 0.6 is 11.6 Å². The molecule has 4 rings (SSSR count). The van der Waals surface area contributed by atoms with Crippen LogP contribution < -0.4 is 10.6 Å². The maximum atomic E-state index is 12.4. The van der Waals surface area contributed by atoms with Gasteiger partial charge in [0.1, 0.15) is 5.52 Å². The van der Waals surface area contributed by atoms with Gasteiger partial charge in [-0.05, 0) is 35.9 Å². The second kappa shape index (κ2) is 7.90. The third-order valence-electron chi connectivity index (χ3n) is 4.55. The van der Waals surface area contributed by atoms with E-state index >= 15 is 0 Å². The van der Waals surface area contributed by atoms with Crippen molar-refractivity contribution in [3.63, 3.8) is 0 Å². The van der Waals surface area contributed by atoms with Crippen molar-refractivity contribution in [1.82, 2.24) is 20.5 Å². The molecule has 2 N–H and O–H groups in total. The molecule has 7 nitrogen and oxygen atoms in total. The summed E-state index contributed by atoms with van der Waals surface area (Å²) in [6, 6.07) is 12.6. The summed E-state index contributed by atoms with van der Waals surface area (Å²) in [4.78, 5) is 30.0. The molecule has 28 heavy (non-hydrogen) atoms. The van der Waals surface area contributed by atoms with Crippen LogP contribution in [0.4, 0.5) is 4.79 Å². The first kappa shape index (κ1) is 18.3. The van der Waals surface area contributed by atoms with Crippen LogP contribution in [-0.4, -0.2) is 48.0 Å². The first-order valence-corrected chi connectivity index (χ1v) is 9.41. The van der Waals surface area contributed by atoms with E-state index in [1.165, 1.54) is 0 Å². The molecule has 2 aromatic carbocycles. The summed E-state index contributed by atoms with van der Waals surface area (Å²) in [6.45, 7) is 2.17. The van der Waals surface area contributed by atoms with Crippen molar-refractivity contribution in [3.05, 3.63) is 64.5 Å². The van der Waals surface area contributed by atoms with Crippen LogP contribution in [0.3, 0.4) is 0 Å². The van der Waals surface area contributed by atoms with Gasteiger partial charge in [-0.1, -0.05) is 23.7 Å². The number of amides is 3. The lowest BCUT2D eigenvalue weighted by Crippen LogP contribution is -2.36. The fourth-order valence-electron chi connectivity index (χ4n) is 3.14. The fourth-order valence-corrected chi connectivity index (χ4v) is 3.35. The molecule has 0 atom stereocenters. The number of hydrogen-bond acceptors (Lipinski definition) is 4. The molecule has 0 aliphatic carbocycles. The van der Waals surface area contributed by atoms with E-state index in [4.69, 9.17) is 16.0 Å². The Kier molecular flexibility index (Phi) is 5.16. The Morgan fingerprint density at radius 1 is 1.29 bits per heavy atom. The quantitative estimate of drug-likeness (QED) is 0.668. The van der Waals surface area contributed by atoms with Crippen molar-refractivity contribution >= 4 is 34.6 Å². The van der Waals surface area contributed by atoms with Crippen molar-refractivity contribution in [3.8, 4) is 0 Å². The second-order valence-corrected chi connectivity index (χ2v) is 7.01. The van der Waals surface area contributed by atoms with Crippen LogP contribution in [0.15, 0.2) is 46.9 Å². The van der Waals surface area contributed by atoms with E-state index in [1.807, 2.05) is 24.3 Å². The highest BCUT2D eigenvalue weighted by Crippen LogP contribution is 2.20. The lowest BCUT2D eigenvalue weighted by atomic mass is 10.1. The predicted octanol–water partition coefficient (Wildman–Crippen LogP) is 2.83. The van der Waals surface area contributed by atoms with Crippen molar-refractivity contribution in [2.75, 3.05) is 26.2 Å². The number of benzene rings is 2. The van der Waals surface area contributed by atoms with E-state index < -0.39 is 0 Å². The molecule has 0 radical (unpaired) electrons. The number of urea groups is 1. The highest BCUT2D eigenvalue weighted by molar-refractivity contribution is 6.30. The molecule has 1 aromatic heterocycles. The summed E-state index contributed by atoms with van der Waals surface area (Å²) in [7, 11) is 0. The number of rotatable bonds is 6. The van der Waals surface area contributed by atoms with Gasteiger partial charge in [-0.25, -0.2) is 9.78 Å². The molecule has 1 fully saturated rings. The summed E-state index contributed by atoms with van der Waals surface area (Å²) < 4.78 is 5.81. The Morgan fingerprint density at radius 3 is 2.96 bits per heavy atom. The molecule has 0 saturated carbocycles. The van der Waals surface area contributed by atoms with E-state index in [2.05, 4.69) is 15.6 Å². The number of fused-ring (bicyclic) bond motifs is 1. The summed E-state index contributed by atoms with van der Waals surface area (Å²) in [5.41, 5.74) is 2.75. The minimum atomic E-state index is -0.214. The second-order valence-electron chi connectivity index (χ2n) is 6.57. The Balaban J connectivity index is 1.40. The van der Waals surface area contributed by atoms with E-state index in [9.17, 15) is 9.59 Å². The van der Waals surface area contributed by atoms with E-state index in [0.29, 0.717) is 60.2 Å². The molecule has 144 valence electrons. The first-order chi connectivity index (χ1) is 13.6. The number of nitrogens with zero attached hydrogens (tertiary/aromatic N) is 2. The number of oxazole rings is 1. The third kappa shape index (κ3) is 4.09. The lowest BCUT2D eigenvalue weighted by molar-refractivity contribution is 0.0950. The van der Waals surface area contributed by atoms with Gasteiger partial charge in [0.05, 0.1) is 0 Å². The average Bonchev–Trinajstić information content (AvgIpc) is 3.26. The minimum absolute atomic E-state index is 0.0930. The predicted molar refractivity (Wildman–Crippen MR) is 106 cm³/mol. The number of hydrogen-bond donors (Lipinski definition) is 2. The number of nitrogens with one attached hydrogen (secondary N) is 2. The lowest BCUT2D eigenvalue weighted by Gasteiger charge is -2.14. The van der Waals surface area contributed by atoms with Crippen LogP contribution in [0.2, 0.25) is 5.02 Å². The van der Waals surface area contributed by atoms with Gasteiger partial charge in [0, 0.05) is 43.2 Å². The maximum absolute atomic E-state index is 12.4. The van der Waals surface area contributed by atoms with Gasteiger partial charge in [0.15, 0.2) is 11.5 Å². The van der Waals surface area contributed by atoms with Gasteiger partial charge in [-0.2, -0.15) is 0 Å². The van der Waals surface area contributed by atoms with E-state index in [0.717, 1.165) is 5.56 Å². The molecule has 8 heteroatoms. The van der Waals surface area contributed by atoms with Gasteiger partial charge in [-0.15, -0.1) is 0 Å². The Labute approximate surface area is 166 Å². The summed E-state index contributed by atoms with van der Waals surface area (Å²) in [5, 5.41) is 6.22.